The SMILES string of the molecule is NOSOCCc1ccccc1OC1(O)CCCCC1. The fourth-order valence-corrected chi connectivity index (χ4v) is 2.64. The van der Waals surface area contributed by atoms with E-state index in [1.54, 1.807) is 0 Å². The molecule has 0 amide bonds. The van der Waals surface area contributed by atoms with Crippen LogP contribution in [-0.4, -0.2) is 17.5 Å². The van der Waals surface area contributed by atoms with Crippen LogP contribution >= 0.6 is 12.3 Å². The van der Waals surface area contributed by atoms with Crippen molar-refractivity contribution in [2.45, 2.75) is 44.3 Å². The fraction of sp³-hybridized carbons (Fsp3) is 0.571. The third kappa shape index (κ3) is 4.64. The van der Waals surface area contributed by atoms with Crippen molar-refractivity contribution in [3.63, 3.8) is 0 Å². The molecule has 1 aromatic carbocycles. The number of para-hydroxylation sites is 1. The fourth-order valence-electron chi connectivity index (χ4n) is 2.43. The van der Waals surface area contributed by atoms with Gasteiger partial charge in [-0.3, -0.25) is 4.18 Å². The highest BCUT2D eigenvalue weighted by Crippen LogP contribution is 2.32. The number of benzene rings is 1. The molecule has 0 aliphatic heterocycles. The van der Waals surface area contributed by atoms with Crippen molar-refractivity contribution in [1.82, 2.24) is 0 Å². The van der Waals surface area contributed by atoms with Gasteiger partial charge in [-0.2, -0.15) is 5.90 Å². The van der Waals surface area contributed by atoms with Crippen LogP contribution in [0.15, 0.2) is 24.3 Å². The molecule has 0 bridgehead atoms. The van der Waals surface area contributed by atoms with Crippen molar-refractivity contribution < 1.29 is 18.3 Å². The van der Waals surface area contributed by atoms with E-state index >= 15 is 0 Å². The van der Waals surface area contributed by atoms with Crippen LogP contribution in [0.1, 0.15) is 37.7 Å². The Morgan fingerprint density at radius 3 is 2.70 bits per heavy atom. The summed E-state index contributed by atoms with van der Waals surface area (Å²) in [6.07, 6.45) is 5.22. The molecule has 3 N–H and O–H groups in total. The van der Waals surface area contributed by atoms with E-state index in [4.69, 9.17) is 14.8 Å². The van der Waals surface area contributed by atoms with E-state index in [0.717, 1.165) is 42.9 Å². The highest BCUT2D eigenvalue weighted by molar-refractivity contribution is 7.89. The maximum absolute atomic E-state index is 10.5. The molecule has 112 valence electrons. The van der Waals surface area contributed by atoms with Gasteiger partial charge >= 0.3 is 0 Å². The summed E-state index contributed by atoms with van der Waals surface area (Å²) in [5.41, 5.74) is 1.00. The first-order valence-electron chi connectivity index (χ1n) is 6.88. The molecule has 1 aliphatic carbocycles. The highest BCUT2D eigenvalue weighted by Gasteiger charge is 2.31. The van der Waals surface area contributed by atoms with Crippen molar-refractivity contribution in [3.8, 4) is 5.75 Å². The van der Waals surface area contributed by atoms with Crippen molar-refractivity contribution in [1.29, 1.82) is 0 Å². The molecule has 0 aromatic heterocycles. The summed E-state index contributed by atoms with van der Waals surface area (Å²) in [6, 6.07) is 7.70. The van der Waals surface area contributed by atoms with Crippen LogP contribution in [0, 0.1) is 0 Å². The molecule has 0 saturated heterocycles. The Kier molecular flexibility index (Phi) is 6.12. The van der Waals surface area contributed by atoms with E-state index in [0.29, 0.717) is 25.9 Å². The average Bonchev–Trinajstić information content (AvgIpc) is 2.46. The van der Waals surface area contributed by atoms with E-state index in [1.807, 2.05) is 24.3 Å². The van der Waals surface area contributed by atoms with Gasteiger partial charge in [-0.05, 0) is 24.5 Å². The number of ether oxygens (including phenoxy) is 1. The lowest BCUT2D eigenvalue weighted by molar-refractivity contribution is -0.159. The van der Waals surface area contributed by atoms with E-state index in [2.05, 4.69) is 4.28 Å². The molecular weight excluding hydrogens is 278 g/mol. The van der Waals surface area contributed by atoms with E-state index in [-0.39, 0.29) is 0 Å². The van der Waals surface area contributed by atoms with Gasteiger partial charge in [-0.15, -0.1) is 0 Å². The Balaban J connectivity index is 1.96. The maximum Gasteiger partial charge on any atom is 0.208 e. The lowest BCUT2D eigenvalue weighted by Gasteiger charge is -2.33. The second kappa shape index (κ2) is 7.85. The lowest BCUT2D eigenvalue weighted by atomic mass is 9.94. The first kappa shape index (κ1) is 15.6. The van der Waals surface area contributed by atoms with Gasteiger partial charge in [0.25, 0.3) is 0 Å². The number of hydrogen-bond donors (Lipinski definition) is 2. The third-order valence-corrected chi connectivity index (χ3v) is 3.79. The zero-order chi connectivity index (χ0) is 14.3. The quantitative estimate of drug-likeness (QED) is 0.349. The second-order valence-corrected chi connectivity index (χ2v) is 5.52. The molecular formula is C14H21NO4S. The van der Waals surface area contributed by atoms with Gasteiger partial charge in [-0.1, -0.05) is 24.6 Å². The largest absolute Gasteiger partial charge is 0.462 e. The molecule has 6 heteroatoms. The minimum Gasteiger partial charge on any atom is -0.462 e. The van der Waals surface area contributed by atoms with Gasteiger partial charge in [0.1, 0.15) is 5.75 Å². The normalized spacial score (nSPS) is 17.9. The molecule has 0 unspecified atom stereocenters. The van der Waals surface area contributed by atoms with Crippen LogP contribution in [0.25, 0.3) is 0 Å². The van der Waals surface area contributed by atoms with E-state index < -0.39 is 5.79 Å². The predicted molar refractivity (Wildman–Crippen MR) is 77.6 cm³/mol. The van der Waals surface area contributed by atoms with Crippen molar-refractivity contribution in [3.05, 3.63) is 29.8 Å². The molecule has 5 nitrogen and oxygen atoms in total. The monoisotopic (exact) mass is 299 g/mol. The first-order chi connectivity index (χ1) is 9.73. The van der Waals surface area contributed by atoms with Gasteiger partial charge in [0.15, 0.2) is 12.3 Å². The van der Waals surface area contributed by atoms with Gasteiger partial charge in [0.2, 0.25) is 5.79 Å². The standard InChI is InChI=1S/C14H21NO4S/c15-19-20-17-11-8-12-6-2-3-7-13(12)18-14(16)9-4-1-5-10-14/h2-3,6-7,16H,1,4-5,8-11,15H2. The molecule has 0 heterocycles. The summed E-state index contributed by atoms with van der Waals surface area (Å²) < 4.78 is 15.2. The number of nitrogens with two attached hydrogens (primary N) is 1. The van der Waals surface area contributed by atoms with Gasteiger partial charge in [0.05, 0.1) is 6.61 Å². The number of hydrogen-bond acceptors (Lipinski definition) is 6. The van der Waals surface area contributed by atoms with Crippen LogP contribution in [0.3, 0.4) is 0 Å². The average molecular weight is 299 g/mol. The van der Waals surface area contributed by atoms with Gasteiger partial charge in [0, 0.05) is 19.3 Å². The van der Waals surface area contributed by atoms with Crippen LogP contribution in [0.5, 0.6) is 5.75 Å². The van der Waals surface area contributed by atoms with Crippen LogP contribution in [0.2, 0.25) is 0 Å². The van der Waals surface area contributed by atoms with E-state index in [9.17, 15) is 5.11 Å². The summed E-state index contributed by atoms with van der Waals surface area (Å²) in [4.78, 5) is 0. The van der Waals surface area contributed by atoms with Crippen LogP contribution in [-0.2, 0) is 14.9 Å². The Morgan fingerprint density at radius 2 is 1.95 bits per heavy atom. The molecule has 1 saturated carbocycles. The minimum absolute atomic E-state index is 0.459. The molecule has 1 aromatic rings. The lowest BCUT2D eigenvalue weighted by Crippen LogP contribution is -2.38. The number of rotatable bonds is 7. The summed E-state index contributed by atoms with van der Waals surface area (Å²) in [5, 5.41) is 10.5. The first-order valence-corrected chi connectivity index (χ1v) is 7.54. The molecule has 1 aliphatic rings. The zero-order valence-electron chi connectivity index (χ0n) is 11.4. The predicted octanol–water partition coefficient (Wildman–Crippen LogP) is 2.73. The summed E-state index contributed by atoms with van der Waals surface area (Å²) in [5.74, 6) is 4.56. The highest BCUT2D eigenvalue weighted by atomic mass is 32.2. The topological polar surface area (TPSA) is 73.9 Å². The minimum atomic E-state index is -1.02. The van der Waals surface area contributed by atoms with Gasteiger partial charge < -0.3 is 9.84 Å². The van der Waals surface area contributed by atoms with E-state index in [1.165, 1.54) is 0 Å². The third-order valence-electron chi connectivity index (χ3n) is 3.45. The smallest absolute Gasteiger partial charge is 0.208 e. The summed E-state index contributed by atoms with van der Waals surface area (Å²) in [7, 11) is 0. The Bertz CT molecular complexity index is 410. The van der Waals surface area contributed by atoms with Crippen LogP contribution in [0.4, 0.5) is 0 Å². The van der Waals surface area contributed by atoms with Crippen LogP contribution < -0.4 is 10.6 Å². The molecule has 1 fully saturated rings. The molecule has 0 radical (unpaired) electrons. The summed E-state index contributed by atoms with van der Waals surface area (Å²) >= 11 is 0.756. The Hall–Kier alpha value is -0.790. The summed E-state index contributed by atoms with van der Waals surface area (Å²) in [6.45, 7) is 0.459. The second-order valence-electron chi connectivity index (χ2n) is 4.95. The Morgan fingerprint density at radius 1 is 1.20 bits per heavy atom. The molecule has 0 spiro atoms. The number of aliphatic hydroxyl groups is 1. The molecule has 20 heavy (non-hydrogen) atoms. The van der Waals surface area contributed by atoms with Gasteiger partial charge in [-0.25, -0.2) is 4.28 Å². The molecule has 2 rings (SSSR count). The van der Waals surface area contributed by atoms with Crippen molar-refractivity contribution in [2.75, 3.05) is 6.61 Å². The van der Waals surface area contributed by atoms with Crippen molar-refractivity contribution >= 4 is 12.3 Å². The van der Waals surface area contributed by atoms with Crippen molar-refractivity contribution in [2.24, 2.45) is 5.90 Å². The molecule has 0 atom stereocenters. The maximum atomic E-state index is 10.5. The Labute approximate surface area is 123 Å². The zero-order valence-corrected chi connectivity index (χ0v) is 12.2.